The van der Waals surface area contributed by atoms with Gasteiger partial charge in [0.2, 0.25) is 5.91 Å². The molecule has 0 bridgehead atoms. The number of nitrogens with two attached hydrogens (primary N) is 1. The largest absolute Gasteiger partial charge is 0.397 e. The van der Waals surface area contributed by atoms with Crippen molar-refractivity contribution in [3.8, 4) is 0 Å². The molecular formula is C16H23BrN2O. The molecule has 0 heterocycles. The first-order valence-electron chi connectivity index (χ1n) is 7.39. The van der Waals surface area contributed by atoms with Crippen LogP contribution < -0.4 is 10.6 Å². The van der Waals surface area contributed by atoms with E-state index in [1.54, 1.807) is 4.90 Å². The maximum atomic E-state index is 12.4. The van der Waals surface area contributed by atoms with Crippen LogP contribution in [0.3, 0.4) is 0 Å². The molecule has 1 aromatic rings. The molecule has 20 heavy (non-hydrogen) atoms. The van der Waals surface area contributed by atoms with Gasteiger partial charge in [-0.05, 0) is 37.0 Å². The summed E-state index contributed by atoms with van der Waals surface area (Å²) in [5.41, 5.74) is 7.43. The van der Waals surface area contributed by atoms with Crippen molar-refractivity contribution in [2.45, 2.75) is 44.9 Å². The van der Waals surface area contributed by atoms with E-state index in [0.717, 1.165) is 10.2 Å². The van der Waals surface area contributed by atoms with Crippen molar-refractivity contribution >= 4 is 33.2 Å². The first-order chi connectivity index (χ1) is 9.58. The van der Waals surface area contributed by atoms with Crippen LogP contribution in [0.25, 0.3) is 0 Å². The van der Waals surface area contributed by atoms with E-state index < -0.39 is 0 Å². The van der Waals surface area contributed by atoms with Gasteiger partial charge in [0.15, 0.2) is 0 Å². The molecule has 3 nitrogen and oxygen atoms in total. The highest BCUT2D eigenvalue weighted by atomic mass is 79.9. The third kappa shape index (κ3) is 3.98. The summed E-state index contributed by atoms with van der Waals surface area (Å²) in [4.78, 5) is 14.1. The van der Waals surface area contributed by atoms with Crippen molar-refractivity contribution in [1.29, 1.82) is 0 Å². The molecule has 110 valence electrons. The topological polar surface area (TPSA) is 46.3 Å². The van der Waals surface area contributed by atoms with Crippen LogP contribution >= 0.6 is 15.9 Å². The molecule has 1 amide bonds. The number of halogens is 1. The maximum Gasteiger partial charge on any atom is 0.227 e. The fraction of sp³-hybridized carbons (Fsp3) is 0.562. The molecule has 1 aliphatic rings. The van der Waals surface area contributed by atoms with Gasteiger partial charge in [0.25, 0.3) is 0 Å². The Morgan fingerprint density at radius 2 is 1.95 bits per heavy atom. The minimum absolute atomic E-state index is 0.172. The van der Waals surface area contributed by atoms with Crippen LogP contribution in [0.15, 0.2) is 22.7 Å². The van der Waals surface area contributed by atoms with E-state index >= 15 is 0 Å². The third-order valence-electron chi connectivity index (χ3n) is 4.16. The highest BCUT2D eigenvalue weighted by Crippen LogP contribution is 2.29. The van der Waals surface area contributed by atoms with Crippen LogP contribution in [0.2, 0.25) is 0 Å². The average Bonchev–Trinajstić information content (AvgIpc) is 2.66. The fourth-order valence-corrected chi connectivity index (χ4v) is 3.30. The summed E-state index contributed by atoms with van der Waals surface area (Å²) < 4.78 is 0.934. The second kappa shape index (κ2) is 7.11. The monoisotopic (exact) mass is 338 g/mol. The number of hydrogen-bond donors (Lipinski definition) is 1. The predicted molar refractivity (Wildman–Crippen MR) is 87.8 cm³/mol. The molecule has 0 spiro atoms. The lowest BCUT2D eigenvalue weighted by Crippen LogP contribution is -2.28. The molecule has 1 aromatic carbocycles. The zero-order valence-corrected chi connectivity index (χ0v) is 13.7. The molecular weight excluding hydrogens is 316 g/mol. The Balaban J connectivity index is 2.00. The minimum Gasteiger partial charge on any atom is -0.397 e. The van der Waals surface area contributed by atoms with E-state index in [2.05, 4.69) is 15.9 Å². The third-order valence-corrected chi connectivity index (χ3v) is 4.66. The van der Waals surface area contributed by atoms with Crippen LogP contribution in [0.4, 0.5) is 11.4 Å². The Hall–Kier alpha value is -1.03. The van der Waals surface area contributed by atoms with Crippen LogP contribution in [-0.2, 0) is 4.79 Å². The Morgan fingerprint density at radius 1 is 1.30 bits per heavy atom. The highest BCUT2D eigenvalue weighted by molar-refractivity contribution is 9.10. The molecule has 1 saturated carbocycles. The van der Waals surface area contributed by atoms with E-state index in [9.17, 15) is 4.79 Å². The summed E-state index contributed by atoms with van der Waals surface area (Å²) in [6, 6.07) is 5.65. The minimum atomic E-state index is 0.172. The van der Waals surface area contributed by atoms with Crippen molar-refractivity contribution in [3.63, 3.8) is 0 Å². The van der Waals surface area contributed by atoms with Crippen molar-refractivity contribution in [2.24, 2.45) is 5.92 Å². The van der Waals surface area contributed by atoms with Crippen LogP contribution in [0.5, 0.6) is 0 Å². The summed E-state index contributed by atoms with van der Waals surface area (Å²) in [6.45, 7) is 0. The Kier molecular flexibility index (Phi) is 5.46. The van der Waals surface area contributed by atoms with E-state index in [4.69, 9.17) is 5.73 Å². The molecule has 0 unspecified atom stereocenters. The predicted octanol–water partition coefficient (Wildman–Crippen LogP) is 4.35. The quantitative estimate of drug-likeness (QED) is 0.657. The van der Waals surface area contributed by atoms with Gasteiger partial charge >= 0.3 is 0 Å². The summed E-state index contributed by atoms with van der Waals surface area (Å²) in [7, 11) is 1.82. The first-order valence-corrected chi connectivity index (χ1v) is 8.19. The van der Waals surface area contributed by atoms with Gasteiger partial charge in [-0.3, -0.25) is 4.79 Å². The Labute approximate surface area is 129 Å². The molecule has 1 aliphatic carbocycles. The molecule has 0 aromatic heterocycles. The van der Waals surface area contributed by atoms with E-state index in [-0.39, 0.29) is 5.91 Å². The zero-order valence-electron chi connectivity index (χ0n) is 12.1. The fourth-order valence-electron chi connectivity index (χ4n) is 2.92. The van der Waals surface area contributed by atoms with Crippen molar-refractivity contribution in [3.05, 3.63) is 22.7 Å². The van der Waals surface area contributed by atoms with Gasteiger partial charge in [-0.25, -0.2) is 0 Å². The van der Waals surface area contributed by atoms with Crippen molar-refractivity contribution < 1.29 is 4.79 Å². The smallest absolute Gasteiger partial charge is 0.227 e. The van der Waals surface area contributed by atoms with E-state index in [1.165, 1.54) is 38.5 Å². The van der Waals surface area contributed by atoms with Gasteiger partial charge < -0.3 is 10.6 Å². The van der Waals surface area contributed by atoms with Gasteiger partial charge in [0, 0.05) is 17.9 Å². The molecule has 0 aliphatic heterocycles. The number of carbonyl (C=O) groups excluding carboxylic acids is 1. The molecule has 0 atom stereocenters. The molecule has 0 saturated heterocycles. The lowest BCUT2D eigenvalue weighted by molar-refractivity contribution is -0.119. The summed E-state index contributed by atoms with van der Waals surface area (Å²) in [5.74, 6) is 0.718. The Morgan fingerprint density at radius 3 is 2.55 bits per heavy atom. The Bertz CT molecular complexity index is 468. The zero-order chi connectivity index (χ0) is 14.5. The van der Waals surface area contributed by atoms with E-state index in [0.29, 0.717) is 18.0 Å². The number of carbonyl (C=O) groups is 1. The number of nitrogen functional groups attached to an aromatic ring is 1. The molecule has 1 fully saturated rings. The summed E-state index contributed by atoms with van der Waals surface area (Å²) in [6.07, 6.45) is 8.20. The van der Waals surface area contributed by atoms with Crippen LogP contribution in [0.1, 0.15) is 44.9 Å². The number of anilines is 2. The average molecular weight is 339 g/mol. The second-order valence-electron chi connectivity index (χ2n) is 5.72. The number of benzene rings is 1. The second-order valence-corrected chi connectivity index (χ2v) is 6.63. The van der Waals surface area contributed by atoms with Crippen LogP contribution in [0, 0.1) is 5.92 Å². The molecule has 2 N–H and O–H groups in total. The number of rotatable bonds is 3. The first kappa shape index (κ1) is 15.4. The highest BCUT2D eigenvalue weighted by Gasteiger charge is 2.20. The van der Waals surface area contributed by atoms with Gasteiger partial charge in [0.1, 0.15) is 0 Å². The van der Waals surface area contributed by atoms with Crippen molar-refractivity contribution in [1.82, 2.24) is 0 Å². The SMILES string of the molecule is CN(C(=O)CC1CCCCCC1)c1ccc(Br)cc1N. The standard InChI is InChI=1S/C16H23BrN2O/c1-19(15-9-8-13(17)11-14(15)18)16(20)10-12-6-4-2-3-5-7-12/h8-9,11-12H,2-7,10,18H2,1H3. The number of nitrogens with zero attached hydrogens (tertiary/aromatic N) is 1. The lowest BCUT2D eigenvalue weighted by Gasteiger charge is -2.22. The molecule has 2 rings (SSSR count). The molecule has 0 radical (unpaired) electrons. The van der Waals surface area contributed by atoms with Crippen LogP contribution in [-0.4, -0.2) is 13.0 Å². The molecule has 4 heteroatoms. The summed E-state index contributed by atoms with van der Waals surface area (Å²) in [5, 5.41) is 0. The number of amides is 1. The van der Waals surface area contributed by atoms with E-state index in [1.807, 2.05) is 25.2 Å². The van der Waals surface area contributed by atoms with Crippen molar-refractivity contribution in [2.75, 3.05) is 17.7 Å². The number of hydrogen-bond acceptors (Lipinski definition) is 2. The van der Waals surface area contributed by atoms with Gasteiger partial charge in [-0.2, -0.15) is 0 Å². The maximum absolute atomic E-state index is 12.4. The summed E-state index contributed by atoms with van der Waals surface area (Å²) >= 11 is 3.39. The van der Waals surface area contributed by atoms with Gasteiger partial charge in [-0.15, -0.1) is 0 Å². The lowest BCUT2D eigenvalue weighted by atomic mass is 9.96. The normalized spacial score (nSPS) is 16.7. The van der Waals surface area contributed by atoms with Gasteiger partial charge in [0.05, 0.1) is 11.4 Å². The van der Waals surface area contributed by atoms with Gasteiger partial charge in [-0.1, -0.05) is 41.6 Å².